The number of nitrogens with one attached hydrogen (secondary N) is 1. The van der Waals surface area contributed by atoms with E-state index in [4.69, 9.17) is 10.6 Å². The smallest absolute Gasteiger partial charge is 0.161 e. The molecule has 0 amide bonds. The SMILES string of the molecule is COc1cnn(C(C)C)c1C(NN)c1csc(I)c1. The lowest BCUT2D eigenvalue weighted by Crippen LogP contribution is -2.31. The Kier molecular flexibility index (Phi) is 4.82. The minimum Gasteiger partial charge on any atom is -0.493 e. The standard InChI is InChI=1S/C12H17IN4OS/c1-7(2)17-12(9(18-3)5-15-17)11(16-14)8-4-10(13)19-6-8/h4-7,11,16H,14H2,1-3H3. The molecule has 0 aliphatic heterocycles. The Labute approximate surface area is 130 Å². The van der Waals surface area contributed by atoms with Gasteiger partial charge in [-0.25, -0.2) is 5.43 Å². The molecule has 19 heavy (non-hydrogen) atoms. The number of hydrogen-bond acceptors (Lipinski definition) is 5. The van der Waals surface area contributed by atoms with Gasteiger partial charge in [0.1, 0.15) is 5.69 Å². The lowest BCUT2D eigenvalue weighted by Gasteiger charge is -2.20. The monoisotopic (exact) mass is 392 g/mol. The highest BCUT2D eigenvalue weighted by Crippen LogP contribution is 2.33. The van der Waals surface area contributed by atoms with Crippen molar-refractivity contribution in [2.75, 3.05) is 7.11 Å². The number of aromatic nitrogens is 2. The van der Waals surface area contributed by atoms with Crippen molar-refractivity contribution < 1.29 is 4.74 Å². The Balaban J connectivity index is 2.50. The molecule has 7 heteroatoms. The summed E-state index contributed by atoms with van der Waals surface area (Å²) < 4.78 is 8.57. The van der Waals surface area contributed by atoms with Crippen molar-refractivity contribution in [3.05, 3.63) is 31.8 Å². The zero-order chi connectivity index (χ0) is 14.0. The van der Waals surface area contributed by atoms with E-state index >= 15 is 0 Å². The van der Waals surface area contributed by atoms with Crippen LogP contribution >= 0.6 is 33.9 Å². The first-order valence-corrected chi connectivity index (χ1v) is 7.85. The number of thiophene rings is 1. The summed E-state index contributed by atoms with van der Waals surface area (Å²) in [5.41, 5.74) is 4.94. The maximum atomic E-state index is 5.75. The van der Waals surface area contributed by atoms with Gasteiger partial charge in [-0.2, -0.15) is 5.10 Å². The third kappa shape index (κ3) is 2.93. The van der Waals surface area contributed by atoms with Gasteiger partial charge in [0.2, 0.25) is 0 Å². The van der Waals surface area contributed by atoms with Crippen LogP contribution in [0, 0.1) is 2.88 Å². The average Bonchev–Trinajstić information content (AvgIpc) is 2.97. The molecule has 1 atom stereocenters. The molecule has 0 saturated carbocycles. The molecule has 1 unspecified atom stereocenters. The van der Waals surface area contributed by atoms with Gasteiger partial charge in [0.15, 0.2) is 5.75 Å². The molecule has 0 spiro atoms. The molecule has 0 bridgehead atoms. The van der Waals surface area contributed by atoms with Crippen LogP contribution < -0.4 is 16.0 Å². The quantitative estimate of drug-likeness (QED) is 0.467. The van der Waals surface area contributed by atoms with Crippen LogP contribution in [-0.2, 0) is 0 Å². The van der Waals surface area contributed by atoms with E-state index in [0.717, 1.165) is 17.0 Å². The second-order valence-electron chi connectivity index (χ2n) is 4.42. The summed E-state index contributed by atoms with van der Waals surface area (Å²) in [7, 11) is 1.65. The number of nitrogens with two attached hydrogens (primary N) is 1. The Morgan fingerprint density at radius 2 is 2.26 bits per heavy atom. The molecule has 5 nitrogen and oxygen atoms in total. The van der Waals surface area contributed by atoms with Gasteiger partial charge in [-0.1, -0.05) is 0 Å². The summed E-state index contributed by atoms with van der Waals surface area (Å²) >= 11 is 4.00. The number of halogens is 1. The molecule has 0 saturated heterocycles. The van der Waals surface area contributed by atoms with E-state index in [2.05, 4.69) is 58.4 Å². The van der Waals surface area contributed by atoms with Gasteiger partial charge in [-0.05, 0) is 53.4 Å². The third-order valence-electron chi connectivity index (χ3n) is 2.87. The van der Waals surface area contributed by atoms with Gasteiger partial charge in [-0.3, -0.25) is 10.5 Å². The van der Waals surface area contributed by atoms with Crippen molar-refractivity contribution in [2.24, 2.45) is 5.84 Å². The summed E-state index contributed by atoms with van der Waals surface area (Å²) in [4.78, 5) is 0. The predicted octanol–water partition coefficient (Wildman–Crippen LogP) is 2.69. The summed E-state index contributed by atoms with van der Waals surface area (Å²) in [5.74, 6) is 6.50. The van der Waals surface area contributed by atoms with Crippen molar-refractivity contribution in [3.63, 3.8) is 0 Å². The molecule has 2 rings (SSSR count). The van der Waals surface area contributed by atoms with E-state index in [-0.39, 0.29) is 12.1 Å². The number of nitrogens with zero attached hydrogens (tertiary/aromatic N) is 2. The van der Waals surface area contributed by atoms with Crippen LogP contribution in [0.15, 0.2) is 17.6 Å². The zero-order valence-electron chi connectivity index (χ0n) is 11.1. The number of ether oxygens (including phenoxy) is 1. The van der Waals surface area contributed by atoms with Crippen LogP contribution in [0.1, 0.15) is 37.2 Å². The second-order valence-corrected chi connectivity index (χ2v) is 7.23. The molecule has 0 radical (unpaired) electrons. The Bertz CT molecular complexity index is 552. The van der Waals surface area contributed by atoms with Gasteiger partial charge in [0.05, 0.1) is 22.2 Å². The number of hydrazine groups is 1. The van der Waals surface area contributed by atoms with Crippen LogP contribution in [0.25, 0.3) is 0 Å². The second kappa shape index (κ2) is 6.21. The highest BCUT2D eigenvalue weighted by Gasteiger charge is 2.24. The molecule has 0 aliphatic rings. The Hall–Kier alpha value is -0.640. The molecule has 2 aromatic heterocycles. The van der Waals surface area contributed by atoms with Crippen molar-refractivity contribution in [3.8, 4) is 5.75 Å². The largest absolute Gasteiger partial charge is 0.493 e. The number of methoxy groups -OCH3 is 1. The predicted molar refractivity (Wildman–Crippen MR) is 85.4 cm³/mol. The Morgan fingerprint density at radius 3 is 2.74 bits per heavy atom. The van der Waals surface area contributed by atoms with Crippen molar-refractivity contribution in [1.82, 2.24) is 15.2 Å². The normalized spacial score (nSPS) is 12.9. The van der Waals surface area contributed by atoms with Crippen LogP contribution in [0.3, 0.4) is 0 Å². The van der Waals surface area contributed by atoms with Gasteiger partial charge in [-0.15, -0.1) is 11.3 Å². The van der Waals surface area contributed by atoms with Crippen LogP contribution in [0.2, 0.25) is 0 Å². The molecular formula is C12H17IN4OS. The van der Waals surface area contributed by atoms with Crippen molar-refractivity contribution in [1.29, 1.82) is 0 Å². The molecule has 2 aromatic rings. The summed E-state index contributed by atoms with van der Waals surface area (Å²) in [5, 5.41) is 6.49. The van der Waals surface area contributed by atoms with E-state index in [0.29, 0.717) is 0 Å². The van der Waals surface area contributed by atoms with Gasteiger partial charge < -0.3 is 4.74 Å². The van der Waals surface area contributed by atoms with E-state index in [1.807, 2.05) is 4.68 Å². The Morgan fingerprint density at radius 1 is 1.53 bits per heavy atom. The molecule has 0 fully saturated rings. The van der Waals surface area contributed by atoms with Crippen LogP contribution in [-0.4, -0.2) is 16.9 Å². The summed E-state index contributed by atoms with van der Waals surface area (Å²) in [6, 6.07) is 2.24. The topological polar surface area (TPSA) is 65.1 Å². The lowest BCUT2D eigenvalue weighted by atomic mass is 10.1. The van der Waals surface area contributed by atoms with E-state index in [1.165, 1.54) is 2.88 Å². The van der Waals surface area contributed by atoms with Gasteiger partial charge >= 0.3 is 0 Å². The third-order valence-corrected chi connectivity index (χ3v) is 4.68. The minimum atomic E-state index is -0.125. The number of hydrogen-bond donors (Lipinski definition) is 2. The molecule has 104 valence electrons. The maximum absolute atomic E-state index is 5.75. The first-order chi connectivity index (χ1) is 9.08. The molecule has 0 aromatic carbocycles. The molecule has 0 aliphatic carbocycles. The van der Waals surface area contributed by atoms with Gasteiger partial charge in [0.25, 0.3) is 0 Å². The van der Waals surface area contributed by atoms with E-state index < -0.39 is 0 Å². The fourth-order valence-electron chi connectivity index (χ4n) is 2.01. The van der Waals surface area contributed by atoms with Crippen molar-refractivity contribution >= 4 is 33.9 Å². The number of rotatable bonds is 5. The lowest BCUT2D eigenvalue weighted by molar-refractivity contribution is 0.394. The maximum Gasteiger partial charge on any atom is 0.161 e. The molecular weight excluding hydrogens is 375 g/mol. The summed E-state index contributed by atoms with van der Waals surface area (Å²) in [6.45, 7) is 4.17. The fourth-order valence-corrected chi connectivity index (χ4v) is 3.40. The fraction of sp³-hybridized carbons (Fsp3) is 0.417. The molecule has 2 heterocycles. The van der Waals surface area contributed by atoms with Crippen LogP contribution in [0.4, 0.5) is 0 Å². The summed E-state index contributed by atoms with van der Waals surface area (Å²) in [6.07, 6.45) is 1.73. The first kappa shape index (κ1) is 14.8. The highest BCUT2D eigenvalue weighted by atomic mass is 127. The zero-order valence-corrected chi connectivity index (χ0v) is 14.0. The first-order valence-electron chi connectivity index (χ1n) is 5.90. The minimum absolute atomic E-state index is 0.125. The van der Waals surface area contributed by atoms with Gasteiger partial charge in [0, 0.05) is 6.04 Å². The highest BCUT2D eigenvalue weighted by molar-refractivity contribution is 14.1. The van der Waals surface area contributed by atoms with Crippen molar-refractivity contribution in [2.45, 2.75) is 25.9 Å². The average molecular weight is 392 g/mol. The molecule has 3 N–H and O–H groups in total. The van der Waals surface area contributed by atoms with E-state index in [1.54, 1.807) is 24.6 Å². The van der Waals surface area contributed by atoms with E-state index in [9.17, 15) is 0 Å². The van der Waals surface area contributed by atoms with Crippen LogP contribution in [0.5, 0.6) is 5.75 Å².